The van der Waals surface area contributed by atoms with Crippen LogP contribution in [0.25, 0.3) is 98.8 Å². The standard InChI is InChI=1S/C50H32N2/c1-3-12-33(13-4-1)35-22-23-37-31-39(25-24-36(37)30-35)51-45-20-9-7-17-43(45)49-47(51)28-29-48-50(49)44-18-8-10-21-46(44)52(48)40-26-27-42-38(32-40)16-11-19-41(42)34-14-5-2-6-15-34/h1-32H. The Labute approximate surface area is 301 Å². The van der Waals surface area contributed by atoms with Gasteiger partial charge in [-0.05, 0) is 98.4 Å². The van der Waals surface area contributed by atoms with Gasteiger partial charge in [-0.15, -0.1) is 0 Å². The average molecular weight is 661 g/mol. The monoisotopic (exact) mass is 660 g/mol. The van der Waals surface area contributed by atoms with E-state index in [4.69, 9.17) is 0 Å². The number of nitrogens with zero attached hydrogens (tertiary/aromatic N) is 2. The minimum Gasteiger partial charge on any atom is -0.309 e. The molecule has 2 heteroatoms. The van der Waals surface area contributed by atoms with E-state index in [1.807, 2.05) is 0 Å². The van der Waals surface area contributed by atoms with Gasteiger partial charge in [0.1, 0.15) is 0 Å². The van der Waals surface area contributed by atoms with Crippen LogP contribution in [0.5, 0.6) is 0 Å². The van der Waals surface area contributed by atoms with Gasteiger partial charge in [0.2, 0.25) is 0 Å². The van der Waals surface area contributed by atoms with Crippen LogP contribution in [0.1, 0.15) is 0 Å². The third-order valence-electron chi connectivity index (χ3n) is 10.9. The van der Waals surface area contributed by atoms with Gasteiger partial charge in [0.05, 0.1) is 22.1 Å². The van der Waals surface area contributed by atoms with Crippen molar-refractivity contribution in [2.45, 2.75) is 0 Å². The van der Waals surface area contributed by atoms with Crippen molar-refractivity contribution in [3.63, 3.8) is 0 Å². The summed E-state index contributed by atoms with van der Waals surface area (Å²) in [6.07, 6.45) is 0. The molecule has 9 aromatic carbocycles. The molecule has 2 aromatic heterocycles. The van der Waals surface area contributed by atoms with Crippen LogP contribution in [-0.2, 0) is 0 Å². The molecule has 0 aliphatic carbocycles. The molecule has 2 nitrogen and oxygen atoms in total. The summed E-state index contributed by atoms with van der Waals surface area (Å²) in [5, 5.41) is 10.1. The molecular formula is C50H32N2. The predicted molar refractivity (Wildman–Crippen MR) is 221 cm³/mol. The van der Waals surface area contributed by atoms with Gasteiger partial charge in [0.25, 0.3) is 0 Å². The smallest absolute Gasteiger partial charge is 0.0548 e. The fourth-order valence-corrected chi connectivity index (χ4v) is 8.54. The van der Waals surface area contributed by atoms with E-state index in [9.17, 15) is 0 Å². The van der Waals surface area contributed by atoms with Gasteiger partial charge in [0.15, 0.2) is 0 Å². The minimum absolute atomic E-state index is 1.16. The Hall–Kier alpha value is -6.90. The Kier molecular flexibility index (Phi) is 6.28. The van der Waals surface area contributed by atoms with E-state index < -0.39 is 0 Å². The van der Waals surface area contributed by atoms with E-state index in [1.165, 1.54) is 87.4 Å². The predicted octanol–water partition coefficient (Wildman–Crippen LogP) is 13.5. The first kappa shape index (κ1) is 28.9. The van der Waals surface area contributed by atoms with Crippen LogP contribution >= 0.6 is 0 Å². The molecule has 0 fully saturated rings. The fraction of sp³-hybridized carbons (Fsp3) is 0. The first-order valence-corrected chi connectivity index (χ1v) is 17.9. The Morgan fingerprint density at radius 2 is 0.808 bits per heavy atom. The highest BCUT2D eigenvalue weighted by Gasteiger charge is 2.21. The van der Waals surface area contributed by atoms with Crippen LogP contribution in [0.2, 0.25) is 0 Å². The van der Waals surface area contributed by atoms with E-state index in [1.54, 1.807) is 0 Å². The van der Waals surface area contributed by atoms with E-state index >= 15 is 0 Å². The molecule has 0 atom stereocenters. The summed E-state index contributed by atoms with van der Waals surface area (Å²) in [7, 11) is 0. The quantitative estimate of drug-likeness (QED) is 0.178. The van der Waals surface area contributed by atoms with Gasteiger partial charge in [-0.1, -0.05) is 140 Å². The number of hydrogen-bond donors (Lipinski definition) is 0. The van der Waals surface area contributed by atoms with Gasteiger partial charge in [-0.3, -0.25) is 0 Å². The largest absolute Gasteiger partial charge is 0.309 e. The molecular weight excluding hydrogens is 629 g/mol. The average Bonchev–Trinajstić information content (AvgIpc) is 3.73. The summed E-state index contributed by atoms with van der Waals surface area (Å²) in [6.45, 7) is 0. The van der Waals surface area contributed by atoms with Gasteiger partial charge < -0.3 is 9.13 Å². The highest BCUT2D eigenvalue weighted by molar-refractivity contribution is 6.29. The van der Waals surface area contributed by atoms with Crippen molar-refractivity contribution in [2.24, 2.45) is 0 Å². The molecule has 0 radical (unpaired) electrons. The summed E-state index contributed by atoms with van der Waals surface area (Å²) < 4.78 is 4.90. The Morgan fingerprint density at radius 1 is 0.269 bits per heavy atom. The highest BCUT2D eigenvalue weighted by atomic mass is 15.0. The Bertz CT molecular complexity index is 3160. The first-order valence-electron chi connectivity index (χ1n) is 17.9. The van der Waals surface area contributed by atoms with Crippen molar-refractivity contribution in [3.8, 4) is 33.6 Å². The fourth-order valence-electron chi connectivity index (χ4n) is 8.54. The SMILES string of the molecule is c1ccc(-c2ccc3cc(-n4c5ccccc5c5c6c7ccccc7n(-c7ccc8c(-c9ccccc9)cccc8c7)c6ccc54)ccc3c2)cc1. The molecule has 0 spiro atoms. The van der Waals surface area contributed by atoms with Crippen LogP contribution in [0.15, 0.2) is 194 Å². The molecule has 0 aliphatic rings. The zero-order valence-electron chi connectivity index (χ0n) is 28.4. The van der Waals surface area contributed by atoms with Crippen LogP contribution in [0.4, 0.5) is 0 Å². The van der Waals surface area contributed by atoms with E-state index in [0.717, 1.165) is 11.4 Å². The number of fused-ring (bicyclic) bond motifs is 9. The molecule has 0 N–H and O–H groups in total. The minimum atomic E-state index is 1.16. The Morgan fingerprint density at radius 3 is 1.48 bits per heavy atom. The highest BCUT2D eigenvalue weighted by Crippen LogP contribution is 2.43. The molecule has 11 rings (SSSR count). The molecule has 11 aromatic rings. The molecule has 0 bridgehead atoms. The number of rotatable bonds is 4. The van der Waals surface area contributed by atoms with Crippen molar-refractivity contribution in [1.29, 1.82) is 0 Å². The van der Waals surface area contributed by atoms with Gasteiger partial charge in [-0.2, -0.15) is 0 Å². The maximum atomic E-state index is 2.45. The number of para-hydroxylation sites is 2. The molecule has 0 saturated heterocycles. The normalized spacial score (nSPS) is 11.8. The lowest BCUT2D eigenvalue weighted by atomic mass is 9.98. The van der Waals surface area contributed by atoms with Gasteiger partial charge >= 0.3 is 0 Å². The first-order chi connectivity index (χ1) is 25.8. The summed E-state index contributed by atoms with van der Waals surface area (Å²) in [5.74, 6) is 0. The molecule has 0 aliphatic heterocycles. The van der Waals surface area contributed by atoms with Crippen LogP contribution in [0, 0.1) is 0 Å². The lowest BCUT2D eigenvalue weighted by Gasteiger charge is -2.12. The molecule has 242 valence electrons. The van der Waals surface area contributed by atoms with Crippen molar-refractivity contribution in [1.82, 2.24) is 9.13 Å². The number of benzene rings is 9. The second-order valence-corrected chi connectivity index (χ2v) is 13.7. The zero-order chi connectivity index (χ0) is 34.2. The molecule has 0 saturated carbocycles. The third kappa shape index (κ3) is 4.31. The van der Waals surface area contributed by atoms with Crippen molar-refractivity contribution >= 4 is 65.2 Å². The van der Waals surface area contributed by atoms with E-state index in [-0.39, 0.29) is 0 Å². The van der Waals surface area contributed by atoms with E-state index in [0.29, 0.717) is 0 Å². The Balaban J connectivity index is 1.14. The maximum Gasteiger partial charge on any atom is 0.0548 e. The number of hydrogen-bond acceptors (Lipinski definition) is 0. The van der Waals surface area contributed by atoms with E-state index in [2.05, 4.69) is 203 Å². The molecule has 0 amide bonds. The van der Waals surface area contributed by atoms with Crippen LogP contribution in [-0.4, -0.2) is 9.13 Å². The topological polar surface area (TPSA) is 9.86 Å². The summed E-state index contributed by atoms with van der Waals surface area (Å²) >= 11 is 0. The van der Waals surface area contributed by atoms with Crippen molar-refractivity contribution in [3.05, 3.63) is 194 Å². The molecule has 52 heavy (non-hydrogen) atoms. The number of aromatic nitrogens is 2. The van der Waals surface area contributed by atoms with Gasteiger partial charge in [0, 0.05) is 32.9 Å². The third-order valence-corrected chi connectivity index (χ3v) is 10.9. The van der Waals surface area contributed by atoms with Crippen LogP contribution in [0.3, 0.4) is 0 Å². The van der Waals surface area contributed by atoms with Crippen LogP contribution < -0.4 is 0 Å². The second-order valence-electron chi connectivity index (χ2n) is 13.7. The maximum absolute atomic E-state index is 2.45. The zero-order valence-corrected chi connectivity index (χ0v) is 28.4. The summed E-state index contributed by atoms with van der Waals surface area (Å²) in [6, 6.07) is 70.9. The molecule has 0 unspecified atom stereocenters. The summed E-state index contributed by atoms with van der Waals surface area (Å²) in [4.78, 5) is 0. The summed E-state index contributed by atoms with van der Waals surface area (Å²) in [5.41, 5.74) is 12.1. The van der Waals surface area contributed by atoms with Crippen molar-refractivity contribution < 1.29 is 0 Å². The van der Waals surface area contributed by atoms with Crippen molar-refractivity contribution in [2.75, 3.05) is 0 Å². The second kappa shape index (κ2) is 11.3. The van der Waals surface area contributed by atoms with Gasteiger partial charge in [-0.25, -0.2) is 0 Å². The lowest BCUT2D eigenvalue weighted by Crippen LogP contribution is -1.95. The molecule has 2 heterocycles. The lowest BCUT2D eigenvalue weighted by molar-refractivity contribution is 1.18.